The van der Waals surface area contributed by atoms with Crippen LogP contribution >= 0.6 is 0 Å². The summed E-state index contributed by atoms with van der Waals surface area (Å²) in [6.07, 6.45) is -3.10. The molecule has 36 heavy (non-hydrogen) atoms. The maximum Gasteiger partial charge on any atom is 0.573 e. The number of halogens is 3. The molecule has 2 heterocycles. The van der Waals surface area contributed by atoms with Crippen LogP contribution in [-0.2, 0) is 0 Å². The standard InChI is InChI=1S/C24H21F3N6O3/c1-14-15(2)33(13-28-14)21-12-22(30-16(3)29-21)35-19-8-4-17(5-9-19)31-23(34)32-18-6-10-20(11-7-18)36-24(25,26)27/h4-13H,1-3H3,(H2,31,32,34). The predicted octanol–water partition coefficient (Wildman–Crippen LogP) is 5.92. The molecule has 2 aromatic carbocycles. The van der Waals surface area contributed by atoms with E-state index in [4.69, 9.17) is 4.74 Å². The van der Waals surface area contributed by atoms with Crippen LogP contribution in [0.25, 0.3) is 5.82 Å². The SMILES string of the molecule is Cc1nc(Oc2ccc(NC(=O)Nc3ccc(OC(F)(F)F)cc3)cc2)cc(-n2cnc(C)c2C)n1. The van der Waals surface area contributed by atoms with Gasteiger partial charge in [0.1, 0.15) is 29.5 Å². The summed E-state index contributed by atoms with van der Waals surface area (Å²) < 4.78 is 48.2. The third-order valence-electron chi connectivity index (χ3n) is 4.98. The number of amides is 2. The molecule has 4 aromatic rings. The number of aromatic nitrogens is 4. The minimum Gasteiger partial charge on any atom is -0.439 e. The number of nitrogens with one attached hydrogen (secondary N) is 2. The van der Waals surface area contributed by atoms with E-state index in [0.717, 1.165) is 23.5 Å². The van der Waals surface area contributed by atoms with E-state index >= 15 is 0 Å². The van der Waals surface area contributed by atoms with Crippen molar-refractivity contribution in [2.45, 2.75) is 27.1 Å². The molecule has 0 aliphatic heterocycles. The lowest BCUT2D eigenvalue weighted by atomic mass is 10.3. The molecule has 0 spiro atoms. The second-order valence-electron chi connectivity index (χ2n) is 7.67. The molecule has 2 N–H and O–H groups in total. The number of urea groups is 1. The summed E-state index contributed by atoms with van der Waals surface area (Å²) in [5, 5.41) is 5.16. The van der Waals surface area contributed by atoms with Gasteiger partial charge in [-0.1, -0.05) is 0 Å². The number of ether oxygens (including phenoxy) is 2. The highest BCUT2D eigenvalue weighted by atomic mass is 19.4. The summed E-state index contributed by atoms with van der Waals surface area (Å²) in [5.74, 6) is 1.61. The first kappa shape index (κ1) is 24.5. The van der Waals surface area contributed by atoms with E-state index in [9.17, 15) is 18.0 Å². The largest absolute Gasteiger partial charge is 0.573 e. The van der Waals surface area contributed by atoms with Crippen molar-refractivity contribution in [2.24, 2.45) is 0 Å². The molecular formula is C24H21F3N6O3. The highest BCUT2D eigenvalue weighted by Gasteiger charge is 2.31. The van der Waals surface area contributed by atoms with E-state index in [0.29, 0.717) is 34.6 Å². The fourth-order valence-corrected chi connectivity index (χ4v) is 3.19. The van der Waals surface area contributed by atoms with Crippen LogP contribution in [0.5, 0.6) is 17.4 Å². The van der Waals surface area contributed by atoms with Gasteiger partial charge in [-0.05, 0) is 69.3 Å². The van der Waals surface area contributed by atoms with E-state index in [-0.39, 0.29) is 5.75 Å². The molecule has 0 radical (unpaired) electrons. The maximum atomic E-state index is 12.2. The van der Waals surface area contributed by atoms with Gasteiger partial charge in [0.15, 0.2) is 0 Å². The van der Waals surface area contributed by atoms with Crippen LogP contribution in [0.4, 0.5) is 29.3 Å². The van der Waals surface area contributed by atoms with Gasteiger partial charge in [-0.15, -0.1) is 13.2 Å². The lowest BCUT2D eigenvalue weighted by Gasteiger charge is -2.11. The third-order valence-corrected chi connectivity index (χ3v) is 4.98. The molecular weight excluding hydrogens is 477 g/mol. The zero-order valence-corrected chi connectivity index (χ0v) is 19.4. The highest BCUT2D eigenvalue weighted by Crippen LogP contribution is 2.25. The molecule has 0 aliphatic carbocycles. The Hall–Kier alpha value is -4.61. The van der Waals surface area contributed by atoms with Gasteiger partial charge in [0, 0.05) is 23.1 Å². The molecule has 0 saturated carbocycles. The van der Waals surface area contributed by atoms with Crippen molar-refractivity contribution in [1.29, 1.82) is 0 Å². The number of benzene rings is 2. The Morgan fingerprint density at radius 2 is 1.47 bits per heavy atom. The molecule has 0 aliphatic rings. The fourth-order valence-electron chi connectivity index (χ4n) is 3.19. The Morgan fingerprint density at radius 3 is 2.00 bits per heavy atom. The van der Waals surface area contributed by atoms with E-state index < -0.39 is 12.4 Å². The summed E-state index contributed by atoms with van der Waals surface area (Å²) in [5.41, 5.74) is 2.62. The first-order valence-corrected chi connectivity index (χ1v) is 10.6. The second-order valence-corrected chi connectivity index (χ2v) is 7.67. The van der Waals surface area contributed by atoms with E-state index in [1.165, 1.54) is 12.1 Å². The topological polar surface area (TPSA) is 103 Å². The zero-order valence-electron chi connectivity index (χ0n) is 19.4. The highest BCUT2D eigenvalue weighted by molar-refractivity contribution is 5.99. The molecule has 2 aromatic heterocycles. The summed E-state index contributed by atoms with van der Waals surface area (Å²) >= 11 is 0. The number of imidazole rings is 1. The molecule has 2 amide bonds. The van der Waals surface area contributed by atoms with Crippen molar-refractivity contribution < 1.29 is 27.4 Å². The minimum atomic E-state index is -4.78. The number of carbonyl (C=O) groups excluding carboxylic acids is 1. The number of carbonyl (C=O) groups is 1. The first-order valence-electron chi connectivity index (χ1n) is 10.6. The molecule has 0 atom stereocenters. The van der Waals surface area contributed by atoms with Gasteiger partial charge in [-0.3, -0.25) is 4.57 Å². The average Bonchev–Trinajstić information content (AvgIpc) is 3.13. The Morgan fingerprint density at radius 1 is 0.889 bits per heavy atom. The van der Waals surface area contributed by atoms with Crippen LogP contribution in [0.2, 0.25) is 0 Å². The van der Waals surface area contributed by atoms with Crippen molar-refractivity contribution in [3.8, 4) is 23.2 Å². The number of alkyl halides is 3. The van der Waals surface area contributed by atoms with Crippen molar-refractivity contribution in [3.63, 3.8) is 0 Å². The van der Waals surface area contributed by atoms with Crippen LogP contribution < -0.4 is 20.1 Å². The molecule has 0 bridgehead atoms. The zero-order chi connectivity index (χ0) is 25.9. The normalized spacial score (nSPS) is 11.2. The fraction of sp³-hybridized carbons (Fsp3) is 0.167. The van der Waals surface area contributed by atoms with Gasteiger partial charge in [-0.25, -0.2) is 14.8 Å². The summed E-state index contributed by atoms with van der Waals surface area (Å²) in [6.45, 7) is 5.62. The average molecular weight is 498 g/mol. The van der Waals surface area contributed by atoms with Crippen molar-refractivity contribution in [3.05, 3.63) is 78.1 Å². The number of nitrogens with zero attached hydrogens (tertiary/aromatic N) is 4. The summed E-state index contributed by atoms with van der Waals surface area (Å²) in [7, 11) is 0. The molecule has 0 saturated heterocycles. The number of hydrogen-bond donors (Lipinski definition) is 2. The van der Waals surface area contributed by atoms with E-state index in [2.05, 4.69) is 30.3 Å². The number of hydrogen-bond acceptors (Lipinski definition) is 6. The van der Waals surface area contributed by atoms with Crippen molar-refractivity contribution in [1.82, 2.24) is 19.5 Å². The number of aryl methyl sites for hydroxylation is 2. The van der Waals surface area contributed by atoms with Crippen LogP contribution in [0.3, 0.4) is 0 Å². The Bertz CT molecular complexity index is 1370. The number of anilines is 2. The molecule has 0 fully saturated rings. The molecule has 12 heteroatoms. The van der Waals surface area contributed by atoms with Crippen LogP contribution in [0, 0.1) is 20.8 Å². The van der Waals surface area contributed by atoms with Crippen LogP contribution in [0.15, 0.2) is 60.9 Å². The van der Waals surface area contributed by atoms with E-state index in [1.807, 2.05) is 18.4 Å². The predicted molar refractivity (Wildman–Crippen MR) is 126 cm³/mol. The van der Waals surface area contributed by atoms with Crippen molar-refractivity contribution >= 4 is 17.4 Å². The third kappa shape index (κ3) is 6.29. The van der Waals surface area contributed by atoms with Crippen LogP contribution in [-0.4, -0.2) is 31.9 Å². The first-order chi connectivity index (χ1) is 17.1. The maximum absolute atomic E-state index is 12.2. The van der Waals surface area contributed by atoms with Gasteiger partial charge >= 0.3 is 12.4 Å². The molecule has 0 unspecified atom stereocenters. The molecule has 9 nitrogen and oxygen atoms in total. The summed E-state index contributed by atoms with van der Waals surface area (Å²) in [6, 6.07) is 12.5. The Labute approximate surface area is 203 Å². The number of rotatable bonds is 6. The lowest BCUT2D eigenvalue weighted by molar-refractivity contribution is -0.274. The van der Waals surface area contributed by atoms with Gasteiger partial charge in [-0.2, -0.15) is 4.98 Å². The Kier molecular flexibility index (Phi) is 6.77. The monoisotopic (exact) mass is 498 g/mol. The summed E-state index contributed by atoms with van der Waals surface area (Å²) in [4.78, 5) is 25.3. The molecule has 186 valence electrons. The molecule has 4 rings (SSSR count). The van der Waals surface area contributed by atoms with Gasteiger partial charge in [0.05, 0.1) is 5.69 Å². The lowest BCUT2D eigenvalue weighted by Crippen LogP contribution is -2.19. The van der Waals surface area contributed by atoms with Crippen LogP contribution in [0.1, 0.15) is 17.2 Å². The minimum absolute atomic E-state index is 0.292. The van der Waals surface area contributed by atoms with E-state index in [1.54, 1.807) is 43.6 Å². The second kappa shape index (κ2) is 9.94. The van der Waals surface area contributed by atoms with Gasteiger partial charge < -0.3 is 20.1 Å². The van der Waals surface area contributed by atoms with Crippen molar-refractivity contribution in [2.75, 3.05) is 10.6 Å². The Balaban J connectivity index is 1.37. The quantitative estimate of drug-likeness (QED) is 0.342. The van der Waals surface area contributed by atoms with Gasteiger partial charge in [0.2, 0.25) is 5.88 Å². The smallest absolute Gasteiger partial charge is 0.439 e. The van der Waals surface area contributed by atoms with Gasteiger partial charge in [0.25, 0.3) is 0 Å².